The van der Waals surface area contributed by atoms with Crippen molar-refractivity contribution in [3.63, 3.8) is 0 Å². The molecule has 4 rings (SSSR count). The van der Waals surface area contributed by atoms with Crippen LogP contribution in [0.25, 0.3) is 10.8 Å². The molecule has 1 unspecified atom stereocenters. The molecule has 1 atom stereocenters. The molecule has 0 aliphatic carbocycles. The number of carbonyl (C=O) groups is 1. The average molecular weight is 369 g/mol. The molecular weight excluding hydrogens is 344 g/mol. The summed E-state index contributed by atoms with van der Waals surface area (Å²) in [6, 6.07) is 32.8. The van der Waals surface area contributed by atoms with Gasteiger partial charge in [0.25, 0.3) is 0 Å². The minimum Gasteiger partial charge on any atom is -0.294 e. The van der Waals surface area contributed by atoms with Crippen LogP contribution >= 0.6 is 0 Å². The van der Waals surface area contributed by atoms with Crippen LogP contribution in [-0.2, 0) is 4.79 Å². The molecule has 0 saturated carbocycles. The third kappa shape index (κ3) is 3.33. The lowest BCUT2D eigenvalue weighted by Crippen LogP contribution is -2.46. The number of allylic oxidation sites excluding steroid dienone is 1. The first-order valence-corrected chi connectivity index (χ1v) is 12.4. The summed E-state index contributed by atoms with van der Waals surface area (Å²) < 4.78 is 0. The van der Waals surface area contributed by atoms with Crippen molar-refractivity contribution in [3.05, 3.63) is 102 Å². The second-order valence-corrected chi connectivity index (χ2v) is 11.7. The van der Waals surface area contributed by atoms with Crippen LogP contribution in [0.4, 0.5) is 0 Å². The average Bonchev–Trinajstić information content (AvgIpc) is 2.86. The Kier molecular flexibility index (Phi) is 4.91. The van der Waals surface area contributed by atoms with Crippen LogP contribution in [0.1, 0.15) is 24.0 Å². The predicted octanol–water partition coefficient (Wildman–Crippen LogP) is 5.49. The maximum atomic E-state index is 13.3. The molecule has 134 valence electrons. The van der Waals surface area contributed by atoms with Gasteiger partial charge in [0.2, 0.25) is 0 Å². The van der Waals surface area contributed by atoms with Gasteiger partial charge in [-0.05, 0) is 28.8 Å². The van der Waals surface area contributed by atoms with E-state index in [-0.39, 0.29) is 5.78 Å². The Morgan fingerprint density at radius 3 is 1.81 bits per heavy atom. The van der Waals surface area contributed by atoms with Crippen molar-refractivity contribution in [2.24, 2.45) is 0 Å². The Labute approximate surface area is 162 Å². The highest BCUT2D eigenvalue weighted by atomic mass is 28.3. The van der Waals surface area contributed by atoms with E-state index in [1.54, 1.807) is 0 Å². The highest BCUT2D eigenvalue weighted by Gasteiger charge is 2.40. The van der Waals surface area contributed by atoms with Crippen LogP contribution in [0.15, 0.2) is 91.0 Å². The van der Waals surface area contributed by atoms with E-state index in [1.165, 1.54) is 15.9 Å². The quantitative estimate of drug-likeness (QED) is 0.559. The van der Waals surface area contributed by atoms with E-state index >= 15 is 0 Å². The maximum Gasteiger partial charge on any atom is 0.163 e. The zero-order chi connectivity index (χ0) is 18.7. The van der Waals surface area contributed by atoms with E-state index in [2.05, 4.69) is 73.3 Å². The van der Waals surface area contributed by atoms with Crippen molar-refractivity contribution in [1.82, 2.24) is 0 Å². The minimum absolute atomic E-state index is 0.284. The predicted molar refractivity (Wildman–Crippen MR) is 116 cm³/mol. The molecular formula is C25H24OSi. The molecule has 1 aliphatic heterocycles. The normalized spacial score (nSPS) is 20.4. The van der Waals surface area contributed by atoms with Gasteiger partial charge in [-0.2, -0.15) is 0 Å². The second kappa shape index (κ2) is 7.49. The molecule has 2 heteroatoms. The fourth-order valence-corrected chi connectivity index (χ4v) is 8.62. The van der Waals surface area contributed by atoms with Crippen LogP contribution in [-0.4, -0.2) is 13.9 Å². The molecule has 0 spiro atoms. The number of rotatable bonds is 3. The highest BCUT2D eigenvalue weighted by Crippen LogP contribution is 2.40. The zero-order valence-corrected chi connectivity index (χ0v) is 16.7. The Balaban J connectivity index is 2.07. The number of hydrogen-bond acceptors (Lipinski definition) is 1. The molecule has 1 nitrogen and oxygen atoms in total. The summed E-state index contributed by atoms with van der Waals surface area (Å²) in [6.07, 6.45) is 1.60. The summed E-state index contributed by atoms with van der Waals surface area (Å²) in [5, 5.41) is 2.70. The molecule has 0 fully saturated rings. The van der Waals surface area contributed by atoms with E-state index in [0.717, 1.165) is 23.6 Å². The van der Waals surface area contributed by atoms with Crippen molar-refractivity contribution in [1.29, 1.82) is 0 Å². The fourth-order valence-electron chi connectivity index (χ4n) is 4.34. The molecule has 3 aromatic rings. The standard InChI is InChI=1S/C25H24OSi/c1-27(22-16-9-4-10-17-22)19-11-18-23(26)24(20-12-5-2-6-13-20)25(27)21-14-7-3-8-15-21/h2-10,12-17H,11,18-19H2,1H3. The van der Waals surface area contributed by atoms with Gasteiger partial charge in [0.1, 0.15) is 8.07 Å². The SMILES string of the molecule is C[Si]1(c2ccccc2)CCCC(=O)C(c2ccccc2)=C1c1ccccc1. The number of ketones is 1. The smallest absolute Gasteiger partial charge is 0.163 e. The van der Waals surface area contributed by atoms with Gasteiger partial charge in [-0.15, -0.1) is 0 Å². The van der Waals surface area contributed by atoms with Crippen LogP contribution in [0.2, 0.25) is 12.6 Å². The molecule has 0 saturated heterocycles. The van der Waals surface area contributed by atoms with Crippen molar-refractivity contribution in [2.75, 3.05) is 0 Å². The summed E-state index contributed by atoms with van der Waals surface area (Å²) in [4.78, 5) is 13.3. The van der Waals surface area contributed by atoms with Gasteiger partial charge >= 0.3 is 0 Å². The molecule has 0 N–H and O–H groups in total. The van der Waals surface area contributed by atoms with Crippen LogP contribution in [0.3, 0.4) is 0 Å². The lowest BCUT2D eigenvalue weighted by atomic mass is 9.96. The molecule has 0 aromatic heterocycles. The Morgan fingerprint density at radius 1 is 0.704 bits per heavy atom. The summed E-state index contributed by atoms with van der Waals surface area (Å²) >= 11 is 0. The van der Waals surface area contributed by atoms with Gasteiger partial charge in [-0.1, -0.05) is 103 Å². The Morgan fingerprint density at radius 2 is 1.22 bits per heavy atom. The van der Waals surface area contributed by atoms with E-state index in [9.17, 15) is 4.79 Å². The van der Waals surface area contributed by atoms with E-state index < -0.39 is 8.07 Å². The molecule has 0 bridgehead atoms. The lowest BCUT2D eigenvalue weighted by molar-refractivity contribution is -0.113. The molecule has 3 aromatic carbocycles. The number of carbonyl (C=O) groups excluding carboxylic acids is 1. The van der Waals surface area contributed by atoms with Gasteiger partial charge in [-0.3, -0.25) is 4.79 Å². The first-order valence-electron chi connectivity index (χ1n) is 9.64. The van der Waals surface area contributed by atoms with Crippen LogP contribution < -0.4 is 5.19 Å². The lowest BCUT2D eigenvalue weighted by Gasteiger charge is -2.32. The fraction of sp³-hybridized carbons (Fsp3) is 0.160. The van der Waals surface area contributed by atoms with Crippen molar-refractivity contribution >= 4 is 29.8 Å². The molecule has 0 radical (unpaired) electrons. The third-order valence-corrected chi connectivity index (χ3v) is 10.3. The summed E-state index contributed by atoms with van der Waals surface area (Å²) in [5.41, 5.74) is 3.19. The Hall–Kier alpha value is -2.71. The summed E-state index contributed by atoms with van der Waals surface area (Å²) in [7, 11) is -2.06. The zero-order valence-electron chi connectivity index (χ0n) is 15.7. The van der Waals surface area contributed by atoms with Gasteiger partial charge in [0.05, 0.1) is 0 Å². The van der Waals surface area contributed by atoms with Gasteiger partial charge in [0.15, 0.2) is 5.78 Å². The van der Waals surface area contributed by atoms with Gasteiger partial charge in [-0.25, -0.2) is 0 Å². The molecule has 0 amide bonds. The van der Waals surface area contributed by atoms with E-state index in [1.807, 2.05) is 24.3 Å². The van der Waals surface area contributed by atoms with Gasteiger partial charge < -0.3 is 0 Å². The van der Waals surface area contributed by atoms with Crippen molar-refractivity contribution in [2.45, 2.75) is 25.4 Å². The summed E-state index contributed by atoms with van der Waals surface area (Å²) in [5.74, 6) is 0.284. The molecule has 1 aliphatic rings. The third-order valence-electron chi connectivity index (χ3n) is 5.70. The Bertz CT molecular complexity index is 961. The molecule has 1 heterocycles. The maximum absolute atomic E-state index is 13.3. The second-order valence-electron chi connectivity index (χ2n) is 7.46. The molecule has 27 heavy (non-hydrogen) atoms. The van der Waals surface area contributed by atoms with Crippen molar-refractivity contribution in [3.8, 4) is 0 Å². The number of benzene rings is 3. The number of hydrogen-bond donors (Lipinski definition) is 0. The number of Topliss-reactive ketones (excluding diaryl/α,β-unsaturated/α-hetero) is 1. The largest absolute Gasteiger partial charge is 0.294 e. The summed E-state index contributed by atoms with van der Waals surface area (Å²) in [6.45, 7) is 2.44. The first-order chi connectivity index (χ1) is 13.2. The van der Waals surface area contributed by atoms with E-state index in [4.69, 9.17) is 0 Å². The monoisotopic (exact) mass is 368 g/mol. The minimum atomic E-state index is -2.06. The van der Waals surface area contributed by atoms with Crippen molar-refractivity contribution < 1.29 is 4.79 Å². The van der Waals surface area contributed by atoms with Crippen LogP contribution in [0, 0.1) is 0 Å². The van der Waals surface area contributed by atoms with Crippen LogP contribution in [0.5, 0.6) is 0 Å². The van der Waals surface area contributed by atoms with Gasteiger partial charge in [0, 0.05) is 12.0 Å². The topological polar surface area (TPSA) is 17.1 Å². The first kappa shape index (κ1) is 17.7. The van der Waals surface area contributed by atoms with E-state index in [0.29, 0.717) is 6.42 Å². The highest BCUT2D eigenvalue weighted by molar-refractivity contribution is 7.07.